The van der Waals surface area contributed by atoms with E-state index >= 15 is 0 Å². The number of carbonyl (C=O) groups is 4. The molecule has 1 spiro atoms. The largest absolute Gasteiger partial charge is 0.464 e. The van der Waals surface area contributed by atoms with Crippen molar-refractivity contribution in [2.45, 2.75) is 62.9 Å². The lowest BCUT2D eigenvalue weighted by Crippen LogP contribution is -2.58. The Morgan fingerprint density at radius 1 is 1.13 bits per heavy atom. The molecule has 2 fully saturated rings. The fourth-order valence-electron chi connectivity index (χ4n) is 4.99. The predicted molar refractivity (Wildman–Crippen MR) is 107 cm³/mol. The Morgan fingerprint density at radius 3 is 2.60 bits per heavy atom. The van der Waals surface area contributed by atoms with Crippen LogP contribution in [0.1, 0.15) is 56.6 Å². The molecule has 1 saturated carbocycles. The predicted octanol–water partition coefficient (Wildman–Crippen LogP) is 1.76. The smallest absolute Gasteiger partial charge is 0.331 e. The third-order valence-corrected chi connectivity index (χ3v) is 6.48. The maximum atomic E-state index is 13.2. The standard InChI is InChI=1S/C22H27N3O5/c1-2-30-19(28)21(11-6-3-7-12-21)23-17(26)14-25-18(27)22(24-20(25)29)13-10-15-8-4-5-9-16(15)22/h4-5,8-9H,2-3,6-7,10-14H2,1H3,(H,23,26)(H,24,29). The van der Waals surface area contributed by atoms with E-state index in [0.29, 0.717) is 25.7 Å². The first kappa shape index (κ1) is 20.4. The minimum absolute atomic E-state index is 0.228. The normalized spacial score (nSPS) is 24.5. The Morgan fingerprint density at radius 2 is 1.87 bits per heavy atom. The molecule has 160 valence electrons. The van der Waals surface area contributed by atoms with Gasteiger partial charge in [-0.25, -0.2) is 9.59 Å². The number of carbonyl (C=O) groups excluding carboxylic acids is 4. The van der Waals surface area contributed by atoms with Gasteiger partial charge < -0.3 is 15.4 Å². The van der Waals surface area contributed by atoms with Gasteiger partial charge in [-0.2, -0.15) is 0 Å². The number of benzene rings is 1. The van der Waals surface area contributed by atoms with Crippen LogP contribution in [0, 0.1) is 0 Å². The highest BCUT2D eigenvalue weighted by molar-refractivity contribution is 6.10. The van der Waals surface area contributed by atoms with E-state index in [1.807, 2.05) is 24.3 Å². The van der Waals surface area contributed by atoms with Crippen molar-refractivity contribution in [2.75, 3.05) is 13.2 Å². The molecule has 8 nitrogen and oxygen atoms in total. The van der Waals surface area contributed by atoms with E-state index in [-0.39, 0.29) is 6.61 Å². The van der Waals surface area contributed by atoms with Crippen LogP contribution in [0.15, 0.2) is 24.3 Å². The highest BCUT2D eigenvalue weighted by Crippen LogP contribution is 2.41. The van der Waals surface area contributed by atoms with Crippen LogP contribution >= 0.6 is 0 Å². The summed E-state index contributed by atoms with van der Waals surface area (Å²) in [5, 5.41) is 5.61. The van der Waals surface area contributed by atoms with Crippen molar-refractivity contribution >= 4 is 23.8 Å². The quantitative estimate of drug-likeness (QED) is 0.565. The van der Waals surface area contributed by atoms with Crippen molar-refractivity contribution in [1.82, 2.24) is 15.5 Å². The van der Waals surface area contributed by atoms with Crippen LogP contribution in [0.4, 0.5) is 4.79 Å². The van der Waals surface area contributed by atoms with E-state index in [1.165, 1.54) is 0 Å². The molecule has 1 aromatic carbocycles. The van der Waals surface area contributed by atoms with Gasteiger partial charge >= 0.3 is 12.0 Å². The van der Waals surface area contributed by atoms with E-state index < -0.39 is 41.4 Å². The molecule has 1 saturated heterocycles. The molecule has 2 aliphatic carbocycles. The molecule has 2 N–H and O–H groups in total. The number of nitrogens with one attached hydrogen (secondary N) is 2. The van der Waals surface area contributed by atoms with E-state index in [2.05, 4.69) is 10.6 Å². The molecule has 1 aromatic rings. The number of aryl methyl sites for hydroxylation is 1. The molecule has 1 heterocycles. The number of ether oxygens (including phenoxy) is 1. The SMILES string of the molecule is CCOC(=O)C1(NC(=O)CN2C(=O)NC3(CCc4ccccc43)C2=O)CCCCC1. The zero-order chi connectivity index (χ0) is 21.4. The van der Waals surface area contributed by atoms with Crippen LogP contribution in [0.3, 0.4) is 0 Å². The molecular formula is C22H27N3O5. The highest BCUT2D eigenvalue weighted by Gasteiger charge is 2.55. The molecule has 4 amide bonds. The number of amides is 4. The molecule has 0 radical (unpaired) electrons. The molecule has 0 bridgehead atoms. The summed E-state index contributed by atoms with van der Waals surface area (Å²) in [5.74, 6) is -1.39. The summed E-state index contributed by atoms with van der Waals surface area (Å²) in [5.41, 5.74) is -0.359. The van der Waals surface area contributed by atoms with Gasteiger partial charge in [0.1, 0.15) is 17.6 Å². The van der Waals surface area contributed by atoms with Crippen LogP contribution in [-0.4, -0.2) is 47.4 Å². The maximum absolute atomic E-state index is 13.2. The Hall–Kier alpha value is -2.90. The topological polar surface area (TPSA) is 105 Å². The van der Waals surface area contributed by atoms with Crippen LogP contribution < -0.4 is 10.6 Å². The number of rotatable bonds is 5. The van der Waals surface area contributed by atoms with Crippen molar-refractivity contribution in [2.24, 2.45) is 0 Å². The third kappa shape index (κ3) is 3.24. The zero-order valence-electron chi connectivity index (χ0n) is 17.2. The van der Waals surface area contributed by atoms with Crippen LogP contribution in [0.25, 0.3) is 0 Å². The minimum Gasteiger partial charge on any atom is -0.464 e. The van der Waals surface area contributed by atoms with Gasteiger partial charge in [-0.05, 0) is 43.7 Å². The number of imide groups is 1. The van der Waals surface area contributed by atoms with E-state index in [9.17, 15) is 19.2 Å². The molecule has 1 aliphatic heterocycles. The zero-order valence-corrected chi connectivity index (χ0v) is 17.2. The summed E-state index contributed by atoms with van der Waals surface area (Å²) < 4.78 is 5.20. The summed E-state index contributed by atoms with van der Waals surface area (Å²) in [6.07, 6.45) is 4.76. The van der Waals surface area contributed by atoms with Gasteiger partial charge in [0.05, 0.1) is 6.61 Å². The maximum Gasteiger partial charge on any atom is 0.331 e. The summed E-state index contributed by atoms with van der Waals surface area (Å²) >= 11 is 0. The lowest BCUT2D eigenvalue weighted by atomic mass is 9.81. The Bertz CT molecular complexity index is 893. The first-order chi connectivity index (χ1) is 14.4. The minimum atomic E-state index is -1.10. The second kappa shape index (κ2) is 7.74. The molecule has 4 rings (SSSR count). The fourth-order valence-corrected chi connectivity index (χ4v) is 4.99. The average molecular weight is 413 g/mol. The van der Waals surface area contributed by atoms with Gasteiger partial charge in [-0.3, -0.25) is 14.5 Å². The number of nitrogens with zero attached hydrogens (tertiary/aromatic N) is 1. The van der Waals surface area contributed by atoms with Crippen molar-refractivity contribution in [3.8, 4) is 0 Å². The average Bonchev–Trinajstić information content (AvgIpc) is 3.22. The van der Waals surface area contributed by atoms with Gasteiger partial charge in [0.25, 0.3) is 5.91 Å². The van der Waals surface area contributed by atoms with Crippen LogP contribution in [0.2, 0.25) is 0 Å². The molecule has 3 aliphatic rings. The first-order valence-electron chi connectivity index (χ1n) is 10.6. The molecule has 8 heteroatoms. The van der Waals surface area contributed by atoms with Crippen molar-refractivity contribution < 1.29 is 23.9 Å². The summed E-state index contributed by atoms with van der Waals surface area (Å²) in [7, 11) is 0. The summed E-state index contributed by atoms with van der Waals surface area (Å²) in [6, 6.07) is 6.96. The fraction of sp³-hybridized carbons (Fsp3) is 0.545. The Kier molecular flexibility index (Phi) is 5.26. The monoisotopic (exact) mass is 413 g/mol. The Labute approximate surface area is 175 Å². The number of urea groups is 1. The lowest BCUT2D eigenvalue weighted by molar-refractivity contribution is -0.155. The number of fused-ring (bicyclic) bond motifs is 2. The number of esters is 1. The molecule has 1 unspecified atom stereocenters. The van der Waals surface area contributed by atoms with Crippen molar-refractivity contribution in [1.29, 1.82) is 0 Å². The second-order valence-electron chi connectivity index (χ2n) is 8.30. The van der Waals surface area contributed by atoms with Gasteiger partial charge in [-0.15, -0.1) is 0 Å². The first-order valence-corrected chi connectivity index (χ1v) is 10.6. The van der Waals surface area contributed by atoms with Gasteiger partial charge in [-0.1, -0.05) is 43.5 Å². The van der Waals surface area contributed by atoms with E-state index in [1.54, 1.807) is 6.92 Å². The third-order valence-electron chi connectivity index (χ3n) is 6.48. The van der Waals surface area contributed by atoms with E-state index in [0.717, 1.165) is 35.3 Å². The Balaban J connectivity index is 1.50. The van der Waals surface area contributed by atoms with Crippen LogP contribution in [0.5, 0.6) is 0 Å². The van der Waals surface area contributed by atoms with Gasteiger partial charge in [0.2, 0.25) is 5.91 Å². The summed E-state index contributed by atoms with van der Waals surface area (Å²) in [6.45, 7) is 1.53. The van der Waals surface area contributed by atoms with Gasteiger partial charge in [0, 0.05) is 0 Å². The molecular weight excluding hydrogens is 386 g/mol. The van der Waals surface area contributed by atoms with Gasteiger partial charge in [0.15, 0.2) is 0 Å². The highest BCUT2D eigenvalue weighted by atomic mass is 16.5. The second-order valence-corrected chi connectivity index (χ2v) is 8.30. The molecule has 0 aromatic heterocycles. The van der Waals surface area contributed by atoms with Crippen molar-refractivity contribution in [3.05, 3.63) is 35.4 Å². The van der Waals surface area contributed by atoms with Crippen molar-refractivity contribution in [3.63, 3.8) is 0 Å². The molecule has 1 atom stereocenters. The number of hydrogen-bond acceptors (Lipinski definition) is 5. The molecule has 30 heavy (non-hydrogen) atoms. The lowest BCUT2D eigenvalue weighted by Gasteiger charge is -2.35. The van der Waals surface area contributed by atoms with Crippen LogP contribution in [-0.2, 0) is 31.1 Å². The van der Waals surface area contributed by atoms with E-state index in [4.69, 9.17) is 4.74 Å². The summed E-state index contributed by atoms with van der Waals surface area (Å²) in [4.78, 5) is 52.2. The number of hydrogen-bond donors (Lipinski definition) is 2.